The Kier molecular flexibility index (Phi) is 4.02. The molecule has 0 saturated heterocycles. The minimum atomic E-state index is -0.330. The quantitative estimate of drug-likeness (QED) is 0.321. The van der Waals surface area contributed by atoms with Crippen molar-refractivity contribution in [1.29, 1.82) is 0 Å². The van der Waals surface area contributed by atoms with Crippen molar-refractivity contribution in [1.82, 2.24) is 0 Å². The molecule has 11 heavy (non-hydrogen) atoms. The highest BCUT2D eigenvalue weighted by molar-refractivity contribution is 5.75. The number of rotatable bonds is 3. The lowest BCUT2D eigenvalue weighted by atomic mass is 10.4. The largest absolute Gasteiger partial charge is 0.461 e. The molecule has 1 unspecified atom stereocenters. The molecule has 0 spiro atoms. The molecule has 0 aromatic carbocycles. The molecule has 0 heterocycles. The maximum absolute atomic E-state index is 10.4. The Morgan fingerprint density at radius 3 is 2.55 bits per heavy atom. The third-order valence-electron chi connectivity index (χ3n) is 0.898. The summed E-state index contributed by atoms with van der Waals surface area (Å²) in [4.78, 5) is 14.0. The van der Waals surface area contributed by atoms with Gasteiger partial charge in [-0.3, -0.25) is 4.79 Å². The van der Waals surface area contributed by atoms with Crippen molar-refractivity contribution in [2.24, 2.45) is 16.5 Å². The maximum Gasteiger partial charge on any atom is 0.302 e. The number of nitrogens with two attached hydrogens (primary N) is 2. The van der Waals surface area contributed by atoms with Crippen LogP contribution >= 0.6 is 0 Å². The van der Waals surface area contributed by atoms with Crippen molar-refractivity contribution in [2.75, 3.05) is 6.54 Å². The topological polar surface area (TPSA) is 90.7 Å². The normalized spacial score (nSPS) is 11.8. The summed E-state index contributed by atoms with van der Waals surface area (Å²) in [5.41, 5.74) is 10.1. The van der Waals surface area contributed by atoms with Gasteiger partial charge in [-0.05, 0) is 6.92 Å². The lowest BCUT2D eigenvalue weighted by Gasteiger charge is -2.07. The van der Waals surface area contributed by atoms with Crippen molar-refractivity contribution < 1.29 is 9.53 Å². The van der Waals surface area contributed by atoms with Crippen LogP contribution in [0.4, 0.5) is 0 Å². The van der Waals surface area contributed by atoms with Crippen LogP contribution < -0.4 is 11.5 Å². The third kappa shape index (κ3) is 6.63. The van der Waals surface area contributed by atoms with Gasteiger partial charge in [-0.1, -0.05) is 0 Å². The maximum atomic E-state index is 10.4. The van der Waals surface area contributed by atoms with Gasteiger partial charge in [-0.25, -0.2) is 4.99 Å². The zero-order valence-electron chi connectivity index (χ0n) is 6.70. The van der Waals surface area contributed by atoms with Crippen LogP contribution in [0, 0.1) is 0 Å². The number of carbonyl (C=O) groups is 1. The first-order chi connectivity index (χ1) is 5.02. The van der Waals surface area contributed by atoms with Crippen LogP contribution in [0.25, 0.3) is 0 Å². The molecule has 0 aliphatic heterocycles. The molecule has 0 bridgehead atoms. The molecule has 0 aliphatic rings. The highest BCUT2D eigenvalue weighted by Gasteiger charge is 2.02. The highest BCUT2D eigenvalue weighted by atomic mass is 16.5. The number of hydrogen-bond donors (Lipinski definition) is 2. The van der Waals surface area contributed by atoms with Gasteiger partial charge in [0.25, 0.3) is 0 Å². The second kappa shape index (κ2) is 4.54. The van der Waals surface area contributed by atoms with Gasteiger partial charge in [0.2, 0.25) is 0 Å². The lowest BCUT2D eigenvalue weighted by Crippen LogP contribution is -2.25. The number of nitrogens with zero attached hydrogens (tertiary/aromatic N) is 1. The van der Waals surface area contributed by atoms with E-state index in [0.717, 1.165) is 0 Å². The molecule has 5 nitrogen and oxygen atoms in total. The Bertz CT molecular complexity index is 163. The fourth-order valence-electron chi connectivity index (χ4n) is 0.555. The second-order valence-electron chi connectivity index (χ2n) is 2.19. The van der Waals surface area contributed by atoms with E-state index in [1.807, 2.05) is 0 Å². The average molecular weight is 159 g/mol. The summed E-state index contributed by atoms with van der Waals surface area (Å²) in [5.74, 6) is -0.327. The lowest BCUT2D eigenvalue weighted by molar-refractivity contribution is -0.144. The third-order valence-corrected chi connectivity index (χ3v) is 0.898. The van der Waals surface area contributed by atoms with E-state index in [9.17, 15) is 4.79 Å². The molecule has 0 aliphatic carbocycles. The molecule has 4 N–H and O–H groups in total. The monoisotopic (exact) mass is 159 g/mol. The summed E-state index contributed by atoms with van der Waals surface area (Å²) in [6.45, 7) is 3.36. The summed E-state index contributed by atoms with van der Waals surface area (Å²) in [6.07, 6.45) is -0.269. The minimum absolute atomic E-state index is 0.00371. The fraction of sp³-hybridized carbons (Fsp3) is 0.667. The first-order valence-electron chi connectivity index (χ1n) is 3.25. The van der Waals surface area contributed by atoms with Gasteiger partial charge >= 0.3 is 5.97 Å². The molecule has 0 aromatic rings. The molecule has 0 fully saturated rings. The second-order valence-corrected chi connectivity index (χ2v) is 2.19. The molecular weight excluding hydrogens is 146 g/mol. The number of guanidine groups is 1. The van der Waals surface area contributed by atoms with Crippen molar-refractivity contribution in [2.45, 2.75) is 20.0 Å². The van der Waals surface area contributed by atoms with Gasteiger partial charge in [0.05, 0.1) is 6.54 Å². The van der Waals surface area contributed by atoms with E-state index < -0.39 is 0 Å². The van der Waals surface area contributed by atoms with E-state index in [0.29, 0.717) is 6.54 Å². The number of aliphatic imine (C=N–C) groups is 1. The SMILES string of the molecule is CC(=O)OC(C)CN=C(N)N. The molecular formula is C6H13N3O2. The predicted molar refractivity (Wildman–Crippen MR) is 41.9 cm³/mol. The van der Waals surface area contributed by atoms with Gasteiger partial charge in [0.1, 0.15) is 6.10 Å². The van der Waals surface area contributed by atoms with Crippen LogP contribution in [0.5, 0.6) is 0 Å². The standard InChI is InChI=1S/C6H13N3O2/c1-4(11-5(2)10)3-9-6(7)8/h4H,3H2,1-2H3,(H4,7,8,9). The molecule has 5 heteroatoms. The molecule has 0 rings (SSSR count). The molecule has 0 saturated carbocycles. The molecule has 0 aromatic heterocycles. The number of carbonyl (C=O) groups excluding carboxylic acids is 1. The van der Waals surface area contributed by atoms with Crippen LogP contribution in [0.15, 0.2) is 4.99 Å². The van der Waals surface area contributed by atoms with E-state index in [1.54, 1.807) is 6.92 Å². The first-order valence-corrected chi connectivity index (χ1v) is 3.25. The molecule has 0 amide bonds. The van der Waals surface area contributed by atoms with Gasteiger partial charge in [-0.2, -0.15) is 0 Å². The van der Waals surface area contributed by atoms with Gasteiger partial charge in [0.15, 0.2) is 5.96 Å². The van der Waals surface area contributed by atoms with Gasteiger partial charge < -0.3 is 16.2 Å². The summed E-state index contributed by atoms with van der Waals surface area (Å²) >= 11 is 0. The molecule has 1 atom stereocenters. The zero-order valence-corrected chi connectivity index (χ0v) is 6.70. The van der Waals surface area contributed by atoms with Gasteiger partial charge in [-0.15, -0.1) is 0 Å². The van der Waals surface area contributed by atoms with Crippen LogP contribution in [-0.2, 0) is 9.53 Å². The first kappa shape index (κ1) is 9.74. The zero-order chi connectivity index (χ0) is 8.85. The van der Waals surface area contributed by atoms with Crippen LogP contribution in [0.3, 0.4) is 0 Å². The van der Waals surface area contributed by atoms with Crippen LogP contribution in [-0.4, -0.2) is 24.6 Å². The number of ether oxygens (including phenoxy) is 1. The average Bonchev–Trinajstić information content (AvgIpc) is 1.82. The van der Waals surface area contributed by atoms with E-state index in [-0.39, 0.29) is 18.0 Å². The minimum Gasteiger partial charge on any atom is -0.461 e. The number of esters is 1. The molecule has 0 radical (unpaired) electrons. The van der Waals surface area contributed by atoms with Gasteiger partial charge in [0, 0.05) is 6.92 Å². The Morgan fingerprint density at radius 1 is 1.64 bits per heavy atom. The summed E-state index contributed by atoms with van der Waals surface area (Å²) in [7, 11) is 0. The van der Waals surface area contributed by atoms with Crippen molar-refractivity contribution in [3.8, 4) is 0 Å². The Morgan fingerprint density at radius 2 is 2.18 bits per heavy atom. The molecule has 64 valence electrons. The highest BCUT2D eigenvalue weighted by Crippen LogP contribution is 1.90. The van der Waals surface area contributed by atoms with E-state index >= 15 is 0 Å². The van der Waals surface area contributed by atoms with Crippen molar-refractivity contribution in [3.05, 3.63) is 0 Å². The van der Waals surface area contributed by atoms with Crippen molar-refractivity contribution >= 4 is 11.9 Å². The van der Waals surface area contributed by atoms with E-state index in [1.165, 1.54) is 6.92 Å². The van der Waals surface area contributed by atoms with E-state index in [4.69, 9.17) is 16.2 Å². The van der Waals surface area contributed by atoms with Crippen molar-refractivity contribution in [3.63, 3.8) is 0 Å². The van der Waals surface area contributed by atoms with E-state index in [2.05, 4.69) is 4.99 Å². The fourth-order valence-corrected chi connectivity index (χ4v) is 0.555. The predicted octanol–water partition coefficient (Wildman–Crippen LogP) is -0.789. The smallest absolute Gasteiger partial charge is 0.302 e. The Balaban J connectivity index is 3.61. The van der Waals surface area contributed by atoms with Crippen LogP contribution in [0.1, 0.15) is 13.8 Å². The summed E-state index contributed by atoms with van der Waals surface area (Å²) < 4.78 is 4.74. The number of hydrogen-bond acceptors (Lipinski definition) is 3. The Labute approximate surface area is 65.4 Å². The summed E-state index contributed by atoms with van der Waals surface area (Å²) in [6, 6.07) is 0. The van der Waals surface area contributed by atoms with Crippen LogP contribution in [0.2, 0.25) is 0 Å². The Hall–Kier alpha value is -1.26. The summed E-state index contributed by atoms with van der Waals surface area (Å²) in [5, 5.41) is 0.